The Morgan fingerprint density at radius 3 is 2.50 bits per heavy atom. The molecule has 1 fully saturated rings. The summed E-state index contributed by atoms with van der Waals surface area (Å²) in [5.41, 5.74) is 0.680. The first kappa shape index (κ1) is 16.6. The van der Waals surface area contributed by atoms with E-state index in [9.17, 15) is 4.79 Å². The summed E-state index contributed by atoms with van der Waals surface area (Å²) in [6, 6.07) is 5.98. The summed E-state index contributed by atoms with van der Waals surface area (Å²) in [5, 5.41) is 2.96. The van der Waals surface area contributed by atoms with Gasteiger partial charge >= 0.3 is 0 Å². The first-order chi connectivity index (χ1) is 10.5. The maximum atomic E-state index is 12.4. The van der Waals surface area contributed by atoms with Crippen molar-refractivity contribution < 1.29 is 18.8 Å². The van der Waals surface area contributed by atoms with Gasteiger partial charge in [0, 0.05) is 6.07 Å². The van der Waals surface area contributed by atoms with Gasteiger partial charge in [0.15, 0.2) is 6.54 Å². The number of hydrogen-bond acceptors (Lipinski definition) is 3. The quantitative estimate of drug-likeness (QED) is 0.822. The van der Waals surface area contributed by atoms with Crippen molar-refractivity contribution in [2.45, 2.75) is 31.7 Å². The van der Waals surface area contributed by atoms with Crippen LogP contribution < -0.4 is 14.8 Å². The highest BCUT2D eigenvalue weighted by atomic mass is 16.5. The van der Waals surface area contributed by atoms with E-state index in [-0.39, 0.29) is 5.91 Å². The highest BCUT2D eigenvalue weighted by Gasteiger charge is 2.33. The van der Waals surface area contributed by atoms with Crippen molar-refractivity contribution in [2.24, 2.45) is 0 Å². The molecule has 1 N–H and O–H groups in total. The minimum atomic E-state index is 0.0142. The lowest BCUT2D eigenvalue weighted by Gasteiger charge is -2.35. The molecule has 22 heavy (non-hydrogen) atoms. The molecule has 0 aromatic heterocycles. The number of ether oxygens (including phenoxy) is 2. The summed E-state index contributed by atoms with van der Waals surface area (Å²) in [4.78, 5) is 12.4. The standard InChI is InChI=1S/C17H26N2O3/c1-19(2,13-7-5-6-8-13)12-17(20)18-15-10-9-14(21-3)11-16(15)22-4/h9-11,13H,5-8,12H2,1-4H3/p+1. The predicted octanol–water partition coefficient (Wildman–Crippen LogP) is 2.66. The maximum Gasteiger partial charge on any atom is 0.279 e. The van der Waals surface area contributed by atoms with Crippen molar-refractivity contribution in [3.8, 4) is 11.5 Å². The third-order valence-electron chi connectivity index (χ3n) is 4.55. The minimum Gasteiger partial charge on any atom is -0.497 e. The number of anilines is 1. The molecule has 1 aromatic rings. The minimum absolute atomic E-state index is 0.0142. The van der Waals surface area contributed by atoms with E-state index in [1.54, 1.807) is 20.3 Å². The second-order valence-electron chi connectivity index (χ2n) is 6.49. The number of likely N-dealkylation sites (N-methyl/N-ethyl adjacent to an activating group) is 1. The first-order valence-corrected chi connectivity index (χ1v) is 7.81. The highest BCUT2D eigenvalue weighted by molar-refractivity contribution is 5.93. The number of quaternary nitrogens is 1. The predicted molar refractivity (Wildman–Crippen MR) is 87.4 cm³/mol. The third kappa shape index (κ3) is 3.91. The smallest absolute Gasteiger partial charge is 0.279 e. The topological polar surface area (TPSA) is 47.6 Å². The van der Waals surface area contributed by atoms with E-state index in [1.807, 2.05) is 12.1 Å². The van der Waals surface area contributed by atoms with Crippen molar-refractivity contribution >= 4 is 11.6 Å². The molecule has 1 aromatic carbocycles. The second-order valence-corrected chi connectivity index (χ2v) is 6.49. The van der Waals surface area contributed by atoms with Gasteiger partial charge < -0.3 is 19.3 Å². The number of hydrogen-bond donors (Lipinski definition) is 1. The van der Waals surface area contributed by atoms with E-state index in [2.05, 4.69) is 19.4 Å². The van der Waals surface area contributed by atoms with Crippen LogP contribution in [-0.4, -0.2) is 51.3 Å². The Hall–Kier alpha value is -1.75. The second kappa shape index (κ2) is 7.01. The Morgan fingerprint density at radius 2 is 1.91 bits per heavy atom. The van der Waals surface area contributed by atoms with Gasteiger partial charge in [-0.3, -0.25) is 4.79 Å². The largest absolute Gasteiger partial charge is 0.497 e. The zero-order chi connectivity index (χ0) is 16.2. The fourth-order valence-corrected chi connectivity index (χ4v) is 3.19. The number of nitrogens with one attached hydrogen (secondary N) is 1. The molecule has 0 heterocycles. The molecule has 2 rings (SSSR count). The average Bonchev–Trinajstić information content (AvgIpc) is 3.02. The zero-order valence-electron chi connectivity index (χ0n) is 14.0. The summed E-state index contributed by atoms with van der Waals surface area (Å²) >= 11 is 0. The SMILES string of the molecule is COc1ccc(NC(=O)C[N+](C)(C)C2CCCC2)c(OC)c1. The molecule has 5 nitrogen and oxygen atoms in total. The Balaban J connectivity index is 2.02. The van der Waals surface area contributed by atoms with Crippen molar-refractivity contribution in [3.63, 3.8) is 0 Å². The van der Waals surface area contributed by atoms with E-state index in [4.69, 9.17) is 9.47 Å². The van der Waals surface area contributed by atoms with Crippen LogP contribution in [-0.2, 0) is 4.79 Å². The molecule has 0 aliphatic heterocycles. The lowest BCUT2D eigenvalue weighted by Crippen LogP contribution is -2.51. The number of amides is 1. The Morgan fingerprint density at radius 1 is 1.23 bits per heavy atom. The van der Waals surface area contributed by atoms with Crippen LogP contribution in [0.15, 0.2) is 18.2 Å². The first-order valence-electron chi connectivity index (χ1n) is 7.81. The van der Waals surface area contributed by atoms with Gasteiger partial charge in [-0.15, -0.1) is 0 Å². The molecule has 1 saturated carbocycles. The summed E-state index contributed by atoms with van der Waals surface area (Å²) in [6.07, 6.45) is 4.98. The molecule has 0 unspecified atom stereocenters. The molecule has 1 amide bonds. The van der Waals surface area contributed by atoms with Crippen molar-refractivity contribution in [3.05, 3.63) is 18.2 Å². The van der Waals surface area contributed by atoms with Gasteiger partial charge in [-0.25, -0.2) is 0 Å². The summed E-state index contributed by atoms with van der Waals surface area (Å²) < 4.78 is 11.2. The third-order valence-corrected chi connectivity index (χ3v) is 4.55. The molecule has 0 atom stereocenters. The number of nitrogens with zero attached hydrogens (tertiary/aromatic N) is 1. The highest BCUT2D eigenvalue weighted by Crippen LogP contribution is 2.30. The Bertz CT molecular complexity index is 523. The maximum absolute atomic E-state index is 12.4. The molecule has 5 heteroatoms. The van der Waals surface area contributed by atoms with Crippen LogP contribution in [0.5, 0.6) is 11.5 Å². The van der Waals surface area contributed by atoms with Crippen LogP contribution in [0.25, 0.3) is 0 Å². The van der Waals surface area contributed by atoms with Crippen LogP contribution in [0.3, 0.4) is 0 Å². The van der Waals surface area contributed by atoms with Gasteiger partial charge in [0.05, 0.1) is 40.0 Å². The summed E-state index contributed by atoms with van der Waals surface area (Å²) in [5.74, 6) is 1.33. The van der Waals surface area contributed by atoms with Crippen molar-refractivity contribution in [2.75, 3.05) is 40.2 Å². The fraction of sp³-hybridized carbons (Fsp3) is 0.588. The monoisotopic (exact) mass is 307 g/mol. The molecule has 0 spiro atoms. The number of benzene rings is 1. The van der Waals surface area contributed by atoms with E-state index >= 15 is 0 Å². The average molecular weight is 307 g/mol. The number of carbonyl (C=O) groups excluding carboxylic acids is 1. The van der Waals surface area contributed by atoms with E-state index in [1.165, 1.54) is 25.7 Å². The van der Waals surface area contributed by atoms with Gasteiger partial charge in [-0.2, -0.15) is 0 Å². The van der Waals surface area contributed by atoms with Gasteiger partial charge in [-0.05, 0) is 37.8 Å². The molecule has 122 valence electrons. The zero-order valence-corrected chi connectivity index (χ0v) is 14.0. The molecule has 0 radical (unpaired) electrons. The van der Waals surface area contributed by atoms with Gasteiger partial charge in [-0.1, -0.05) is 0 Å². The molecule has 1 aliphatic carbocycles. The molecular formula is C17H27N2O3+. The number of carbonyl (C=O) groups is 1. The lowest BCUT2D eigenvalue weighted by molar-refractivity contribution is -0.906. The van der Waals surface area contributed by atoms with Crippen LogP contribution in [0, 0.1) is 0 Å². The Labute approximate surface area is 132 Å². The lowest BCUT2D eigenvalue weighted by atomic mass is 10.2. The van der Waals surface area contributed by atoms with Crippen LogP contribution in [0.2, 0.25) is 0 Å². The van der Waals surface area contributed by atoms with E-state index in [0.29, 0.717) is 29.8 Å². The van der Waals surface area contributed by atoms with Gasteiger partial charge in [0.25, 0.3) is 5.91 Å². The Kier molecular flexibility index (Phi) is 5.29. The molecule has 1 aliphatic rings. The molecule has 0 bridgehead atoms. The van der Waals surface area contributed by atoms with E-state index < -0.39 is 0 Å². The number of methoxy groups -OCH3 is 2. The van der Waals surface area contributed by atoms with Gasteiger partial charge in [0.1, 0.15) is 11.5 Å². The summed E-state index contributed by atoms with van der Waals surface area (Å²) in [6.45, 7) is 0.472. The molecule has 0 saturated heterocycles. The van der Waals surface area contributed by atoms with Gasteiger partial charge in [0.2, 0.25) is 0 Å². The van der Waals surface area contributed by atoms with E-state index in [0.717, 1.165) is 4.48 Å². The van der Waals surface area contributed by atoms with Crippen LogP contribution >= 0.6 is 0 Å². The van der Waals surface area contributed by atoms with Crippen LogP contribution in [0.4, 0.5) is 5.69 Å². The number of rotatable bonds is 6. The fourth-order valence-electron chi connectivity index (χ4n) is 3.19. The summed E-state index contributed by atoms with van der Waals surface area (Å²) in [7, 11) is 7.47. The molecular weight excluding hydrogens is 280 g/mol. The van der Waals surface area contributed by atoms with Crippen molar-refractivity contribution in [1.29, 1.82) is 0 Å². The van der Waals surface area contributed by atoms with Crippen molar-refractivity contribution in [1.82, 2.24) is 0 Å². The van der Waals surface area contributed by atoms with Crippen LogP contribution in [0.1, 0.15) is 25.7 Å². The normalized spacial score (nSPS) is 15.6.